The molecule has 1 atom stereocenters. The average molecular weight is 333 g/mol. The third kappa shape index (κ3) is 5.59. The average Bonchev–Trinajstić information content (AvgIpc) is 3.05. The van der Waals surface area contributed by atoms with Crippen molar-refractivity contribution in [3.8, 4) is 5.75 Å². The molecule has 0 aliphatic rings. The Bertz CT molecular complexity index is 623. The van der Waals surface area contributed by atoms with Gasteiger partial charge < -0.3 is 20.5 Å². The molecule has 8 nitrogen and oxygen atoms in total. The molecular formula is C15H24BN5O3. The molecule has 1 aromatic heterocycles. The molecular weight excluding hydrogens is 309 g/mol. The van der Waals surface area contributed by atoms with Crippen LogP contribution in [-0.2, 0) is 13.0 Å². The molecule has 1 aromatic carbocycles. The lowest BCUT2D eigenvalue weighted by Crippen LogP contribution is -2.18. The molecule has 130 valence electrons. The Morgan fingerprint density at radius 3 is 2.92 bits per heavy atom. The normalized spacial score (nSPS) is 12.2. The summed E-state index contributed by atoms with van der Waals surface area (Å²) >= 11 is 0. The molecule has 2 rings (SSSR count). The molecule has 0 fully saturated rings. The Hall–Kier alpha value is -1.97. The van der Waals surface area contributed by atoms with E-state index in [2.05, 4.69) is 15.5 Å². The minimum atomic E-state index is -1.26. The van der Waals surface area contributed by atoms with Gasteiger partial charge in [-0.25, -0.2) is 4.68 Å². The van der Waals surface area contributed by atoms with Gasteiger partial charge in [0.2, 0.25) is 0 Å². The van der Waals surface area contributed by atoms with E-state index in [-0.39, 0.29) is 6.04 Å². The summed E-state index contributed by atoms with van der Waals surface area (Å²) in [5.41, 5.74) is 7.30. The second kappa shape index (κ2) is 9.36. The summed E-state index contributed by atoms with van der Waals surface area (Å²) in [5, 5.41) is 29.4. The second-order valence-electron chi connectivity index (χ2n) is 5.73. The molecule has 0 aliphatic heterocycles. The molecule has 0 bridgehead atoms. The van der Waals surface area contributed by atoms with E-state index in [9.17, 15) is 0 Å². The fourth-order valence-corrected chi connectivity index (χ4v) is 2.52. The van der Waals surface area contributed by atoms with E-state index in [0.717, 1.165) is 24.2 Å². The van der Waals surface area contributed by atoms with E-state index >= 15 is 0 Å². The van der Waals surface area contributed by atoms with Crippen LogP contribution in [0.15, 0.2) is 24.3 Å². The van der Waals surface area contributed by atoms with Crippen LogP contribution in [0.4, 0.5) is 0 Å². The summed E-state index contributed by atoms with van der Waals surface area (Å²) in [6, 6.07) is 7.62. The number of methoxy groups -OCH3 is 1. The zero-order valence-corrected chi connectivity index (χ0v) is 13.9. The van der Waals surface area contributed by atoms with Gasteiger partial charge in [-0.2, -0.15) is 0 Å². The Morgan fingerprint density at radius 1 is 1.33 bits per heavy atom. The summed E-state index contributed by atoms with van der Waals surface area (Å²) in [5.74, 6) is 1.48. The first-order valence-corrected chi connectivity index (χ1v) is 8.11. The first kappa shape index (κ1) is 18.4. The lowest BCUT2D eigenvalue weighted by molar-refractivity contribution is 0.400. The molecule has 4 N–H and O–H groups in total. The van der Waals surface area contributed by atoms with E-state index in [4.69, 9.17) is 20.5 Å². The fraction of sp³-hybridized carbons (Fsp3) is 0.533. The maximum atomic E-state index is 8.84. The Labute approximate surface area is 141 Å². The Kier molecular flexibility index (Phi) is 7.17. The molecule has 2 aromatic rings. The van der Waals surface area contributed by atoms with Crippen molar-refractivity contribution in [2.24, 2.45) is 5.73 Å². The maximum absolute atomic E-state index is 8.84. The van der Waals surface area contributed by atoms with Gasteiger partial charge in [-0.1, -0.05) is 25.0 Å². The smallest absolute Gasteiger partial charge is 0.451 e. The number of unbranched alkanes of at least 4 members (excludes halogenated alkanes) is 1. The van der Waals surface area contributed by atoms with Crippen LogP contribution in [0.25, 0.3) is 0 Å². The predicted molar refractivity (Wildman–Crippen MR) is 90.3 cm³/mol. The molecule has 0 radical (unpaired) electrons. The van der Waals surface area contributed by atoms with Gasteiger partial charge in [-0.15, -0.1) is 5.10 Å². The molecule has 0 saturated heterocycles. The van der Waals surface area contributed by atoms with Crippen molar-refractivity contribution < 1.29 is 14.8 Å². The monoisotopic (exact) mass is 333 g/mol. The largest absolute Gasteiger partial charge is 0.497 e. The van der Waals surface area contributed by atoms with E-state index in [0.29, 0.717) is 31.5 Å². The molecule has 1 unspecified atom stereocenters. The number of tetrazole rings is 1. The molecule has 9 heteroatoms. The molecule has 0 amide bonds. The highest BCUT2D eigenvalue weighted by molar-refractivity contribution is 6.40. The molecule has 1 heterocycles. The first-order valence-electron chi connectivity index (χ1n) is 8.11. The number of benzene rings is 1. The lowest BCUT2D eigenvalue weighted by atomic mass is 9.83. The Balaban J connectivity index is 1.87. The quantitative estimate of drug-likeness (QED) is 0.429. The van der Waals surface area contributed by atoms with Crippen molar-refractivity contribution >= 4 is 7.12 Å². The van der Waals surface area contributed by atoms with Crippen molar-refractivity contribution in [1.29, 1.82) is 0 Å². The highest BCUT2D eigenvalue weighted by atomic mass is 16.5. The number of nitrogens with two attached hydrogens (primary N) is 1. The highest BCUT2D eigenvalue weighted by Crippen LogP contribution is 2.17. The summed E-state index contributed by atoms with van der Waals surface area (Å²) in [7, 11) is 0.391. The number of aromatic nitrogens is 4. The van der Waals surface area contributed by atoms with Gasteiger partial charge in [0.1, 0.15) is 5.75 Å². The predicted octanol–water partition coefficient (Wildman–Crippen LogP) is 0.567. The van der Waals surface area contributed by atoms with Gasteiger partial charge in [0, 0.05) is 6.54 Å². The minimum absolute atomic E-state index is 0.263. The summed E-state index contributed by atoms with van der Waals surface area (Å²) < 4.78 is 6.95. The van der Waals surface area contributed by atoms with E-state index in [1.165, 1.54) is 0 Å². The zero-order valence-electron chi connectivity index (χ0n) is 13.9. The standard InChI is InChI=1S/C15H24BN5O3/c1-24-13-6-4-5-12(11-13)8-10-21-15(18-19-20-21)14(17)7-2-3-9-16(22)23/h4-6,11,14,22-23H,2-3,7-10,17H2,1H3. The van der Waals surface area contributed by atoms with Gasteiger partial charge in [0.05, 0.1) is 13.2 Å². The third-order valence-corrected chi connectivity index (χ3v) is 3.87. The Morgan fingerprint density at radius 2 is 2.17 bits per heavy atom. The minimum Gasteiger partial charge on any atom is -0.497 e. The van der Waals surface area contributed by atoms with E-state index in [1.54, 1.807) is 11.8 Å². The number of rotatable bonds is 10. The topological polar surface area (TPSA) is 119 Å². The SMILES string of the molecule is COc1cccc(CCn2nnnc2C(N)CCCCB(O)O)c1. The van der Waals surface area contributed by atoms with Crippen molar-refractivity contribution in [3.05, 3.63) is 35.7 Å². The number of aryl methyl sites for hydroxylation is 2. The van der Waals surface area contributed by atoms with Crippen LogP contribution in [-0.4, -0.2) is 44.5 Å². The van der Waals surface area contributed by atoms with Gasteiger partial charge in [0.25, 0.3) is 0 Å². The molecule has 24 heavy (non-hydrogen) atoms. The zero-order chi connectivity index (χ0) is 17.4. The summed E-state index contributed by atoms with van der Waals surface area (Å²) in [6.45, 7) is 0.637. The van der Waals surface area contributed by atoms with Crippen molar-refractivity contribution in [2.45, 2.75) is 44.6 Å². The van der Waals surface area contributed by atoms with E-state index in [1.807, 2.05) is 24.3 Å². The number of nitrogens with zero attached hydrogens (tertiary/aromatic N) is 4. The fourth-order valence-electron chi connectivity index (χ4n) is 2.52. The van der Waals surface area contributed by atoms with Crippen LogP contribution in [0.3, 0.4) is 0 Å². The van der Waals surface area contributed by atoms with Crippen molar-refractivity contribution in [2.75, 3.05) is 7.11 Å². The molecule has 0 aliphatic carbocycles. The van der Waals surface area contributed by atoms with Gasteiger partial charge in [-0.05, 0) is 47.3 Å². The second-order valence-corrected chi connectivity index (χ2v) is 5.73. The number of hydrogen-bond donors (Lipinski definition) is 3. The third-order valence-electron chi connectivity index (χ3n) is 3.87. The molecule has 0 saturated carbocycles. The van der Waals surface area contributed by atoms with Gasteiger partial charge in [-0.3, -0.25) is 0 Å². The number of hydrogen-bond acceptors (Lipinski definition) is 7. The van der Waals surface area contributed by atoms with Crippen LogP contribution < -0.4 is 10.5 Å². The molecule has 0 spiro atoms. The maximum Gasteiger partial charge on any atom is 0.451 e. The van der Waals surface area contributed by atoms with E-state index < -0.39 is 7.12 Å². The van der Waals surface area contributed by atoms with Crippen molar-refractivity contribution in [1.82, 2.24) is 20.2 Å². The van der Waals surface area contributed by atoms with Crippen LogP contribution in [0.1, 0.15) is 36.7 Å². The van der Waals surface area contributed by atoms with Gasteiger partial charge >= 0.3 is 7.12 Å². The lowest BCUT2D eigenvalue weighted by Gasteiger charge is -2.12. The highest BCUT2D eigenvalue weighted by Gasteiger charge is 2.15. The van der Waals surface area contributed by atoms with Crippen LogP contribution in [0.2, 0.25) is 6.32 Å². The number of ether oxygens (including phenoxy) is 1. The van der Waals surface area contributed by atoms with Gasteiger partial charge in [0.15, 0.2) is 5.82 Å². The van der Waals surface area contributed by atoms with Crippen LogP contribution in [0, 0.1) is 0 Å². The first-order chi connectivity index (χ1) is 11.6. The summed E-state index contributed by atoms with van der Waals surface area (Å²) in [6.07, 6.45) is 3.33. The van der Waals surface area contributed by atoms with Crippen LogP contribution >= 0.6 is 0 Å². The van der Waals surface area contributed by atoms with Crippen LogP contribution in [0.5, 0.6) is 5.75 Å². The van der Waals surface area contributed by atoms with Crippen molar-refractivity contribution in [3.63, 3.8) is 0 Å². The summed E-state index contributed by atoms with van der Waals surface area (Å²) in [4.78, 5) is 0.